The lowest BCUT2D eigenvalue weighted by molar-refractivity contribution is 0.262. The number of benzene rings is 1. The van der Waals surface area contributed by atoms with Crippen molar-refractivity contribution in [2.24, 2.45) is 0 Å². The number of thiophene rings is 1. The molecule has 0 saturated heterocycles. The summed E-state index contributed by atoms with van der Waals surface area (Å²) in [6.45, 7) is 0. The van der Waals surface area contributed by atoms with Gasteiger partial charge < -0.3 is 10.6 Å². The Morgan fingerprint density at radius 1 is 1.04 bits per heavy atom. The number of nitrogens with zero attached hydrogens (tertiary/aromatic N) is 4. The number of aromatic nitrogens is 4. The molecule has 0 saturated carbocycles. The summed E-state index contributed by atoms with van der Waals surface area (Å²) in [5.74, 6) is 1.37. The summed E-state index contributed by atoms with van der Waals surface area (Å²) in [7, 11) is 0. The van der Waals surface area contributed by atoms with Gasteiger partial charge in [0.2, 0.25) is 0 Å². The molecule has 0 aliphatic rings. The van der Waals surface area contributed by atoms with Gasteiger partial charge in [0.25, 0.3) is 0 Å². The van der Waals surface area contributed by atoms with Crippen LogP contribution < -0.4 is 16.0 Å². The molecule has 1 aromatic carbocycles. The van der Waals surface area contributed by atoms with E-state index in [1.165, 1.54) is 17.7 Å². The van der Waals surface area contributed by atoms with E-state index in [2.05, 4.69) is 30.9 Å². The minimum Gasteiger partial charge on any atom is -0.340 e. The molecule has 2 amide bonds. The zero-order valence-corrected chi connectivity index (χ0v) is 14.9. The van der Waals surface area contributed by atoms with Crippen LogP contribution in [0.5, 0.6) is 0 Å². The first-order valence-electron chi connectivity index (χ1n) is 8.05. The van der Waals surface area contributed by atoms with Gasteiger partial charge in [-0.15, -0.1) is 11.3 Å². The number of carbonyl (C=O) groups is 1. The molecule has 8 nitrogen and oxygen atoms in total. The molecule has 134 valence electrons. The zero-order valence-electron chi connectivity index (χ0n) is 14.0. The normalized spacial score (nSPS) is 10.4. The summed E-state index contributed by atoms with van der Waals surface area (Å²) in [6.07, 6.45) is 6.67. The van der Waals surface area contributed by atoms with Crippen LogP contribution in [0, 0.1) is 0 Å². The molecule has 9 heteroatoms. The summed E-state index contributed by atoms with van der Waals surface area (Å²) in [5.41, 5.74) is 1.53. The third kappa shape index (κ3) is 4.28. The molecular weight excluding hydrogens is 362 g/mol. The predicted molar refractivity (Wildman–Crippen MR) is 106 cm³/mol. The van der Waals surface area contributed by atoms with E-state index in [-0.39, 0.29) is 6.03 Å². The summed E-state index contributed by atoms with van der Waals surface area (Å²) >= 11 is 1.47. The fraction of sp³-hybridized carbons (Fsp3) is 0. The SMILES string of the molecule is O=C(Nc1ccc(Nc2cc(-n3ccnc3)ncn2)cc1)Nc1cccs1. The van der Waals surface area contributed by atoms with Gasteiger partial charge in [0.1, 0.15) is 24.3 Å². The van der Waals surface area contributed by atoms with E-state index < -0.39 is 0 Å². The maximum atomic E-state index is 12.0. The van der Waals surface area contributed by atoms with Gasteiger partial charge >= 0.3 is 6.03 Å². The van der Waals surface area contributed by atoms with Crippen LogP contribution in [0.3, 0.4) is 0 Å². The third-order valence-corrected chi connectivity index (χ3v) is 4.38. The third-order valence-electron chi connectivity index (χ3n) is 3.59. The van der Waals surface area contributed by atoms with Gasteiger partial charge in [-0.25, -0.2) is 19.7 Å². The van der Waals surface area contributed by atoms with Crippen molar-refractivity contribution < 1.29 is 4.79 Å². The summed E-state index contributed by atoms with van der Waals surface area (Å²) in [6, 6.07) is 12.6. The van der Waals surface area contributed by atoms with Crippen molar-refractivity contribution in [1.82, 2.24) is 19.5 Å². The van der Waals surface area contributed by atoms with Crippen LogP contribution in [0.4, 0.5) is 27.0 Å². The van der Waals surface area contributed by atoms with E-state index in [9.17, 15) is 4.79 Å². The monoisotopic (exact) mass is 377 g/mol. The van der Waals surface area contributed by atoms with Gasteiger partial charge in [-0.05, 0) is 41.8 Å². The number of anilines is 4. The van der Waals surface area contributed by atoms with E-state index in [0.29, 0.717) is 17.3 Å². The van der Waals surface area contributed by atoms with Crippen LogP contribution in [0.2, 0.25) is 0 Å². The number of nitrogens with one attached hydrogen (secondary N) is 3. The molecule has 4 aromatic rings. The zero-order chi connectivity index (χ0) is 18.5. The molecule has 3 N–H and O–H groups in total. The van der Waals surface area contributed by atoms with Crippen LogP contribution in [-0.2, 0) is 0 Å². The average Bonchev–Trinajstić information content (AvgIpc) is 3.37. The van der Waals surface area contributed by atoms with Crippen molar-refractivity contribution in [3.63, 3.8) is 0 Å². The first-order chi connectivity index (χ1) is 13.3. The first kappa shape index (κ1) is 16.7. The lowest BCUT2D eigenvalue weighted by Crippen LogP contribution is -2.18. The highest BCUT2D eigenvalue weighted by Gasteiger charge is 2.04. The highest BCUT2D eigenvalue weighted by molar-refractivity contribution is 7.14. The Kier molecular flexibility index (Phi) is 4.75. The second-order valence-electron chi connectivity index (χ2n) is 5.49. The molecule has 0 radical (unpaired) electrons. The summed E-state index contributed by atoms with van der Waals surface area (Å²) < 4.78 is 1.80. The number of amides is 2. The lowest BCUT2D eigenvalue weighted by atomic mass is 10.3. The Hall–Kier alpha value is -3.72. The first-order valence-corrected chi connectivity index (χ1v) is 8.93. The van der Waals surface area contributed by atoms with Crippen molar-refractivity contribution in [3.05, 3.63) is 72.9 Å². The lowest BCUT2D eigenvalue weighted by Gasteiger charge is -2.09. The molecule has 0 unspecified atom stereocenters. The van der Waals surface area contributed by atoms with Gasteiger partial charge in [-0.2, -0.15) is 0 Å². The maximum absolute atomic E-state index is 12.0. The minimum atomic E-state index is -0.279. The van der Waals surface area contributed by atoms with E-state index in [0.717, 1.165) is 10.7 Å². The molecule has 0 spiro atoms. The molecule has 3 heterocycles. The number of hydrogen-bond acceptors (Lipinski definition) is 6. The molecule has 4 rings (SSSR count). The van der Waals surface area contributed by atoms with Crippen LogP contribution in [0.25, 0.3) is 5.82 Å². The molecule has 3 aromatic heterocycles. The molecule has 0 atom stereocenters. The van der Waals surface area contributed by atoms with Crippen molar-refractivity contribution in [1.29, 1.82) is 0 Å². The fourth-order valence-corrected chi connectivity index (χ4v) is 2.97. The molecule has 27 heavy (non-hydrogen) atoms. The Morgan fingerprint density at radius 2 is 1.89 bits per heavy atom. The smallest absolute Gasteiger partial charge is 0.324 e. The number of imidazole rings is 1. The molecule has 0 aliphatic heterocycles. The van der Waals surface area contributed by atoms with E-state index in [1.807, 2.05) is 54.0 Å². The minimum absolute atomic E-state index is 0.279. The molecule has 0 fully saturated rings. The van der Waals surface area contributed by atoms with E-state index >= 15 is 0 Å². The maximum Gasteiger partial charge on any atom is 0.324 e. The standard InChI is InChI=1S/C18H15N7OS/c26-18(24-17-2-1-9-27-17)23-14-5-3-13(4-6-14)22-15-10-16(21-11-20-15)25-8-7-19-12-25/h1-12H,(H,20,21,22)(H2,23,24,26). The summed E-state index contributed by atoms with van der Waals surface area (Å²) in [5, 5.41) is 11.5. The second-order valence-corrected chi connectivity index (χ2v) is 6.44. The van der Waals surface area contributed by atoms with Gasteiger partial charge in [0, 0.05) is 29.8 Å². The number of carbonyl (C=O) groups excluding carboxylic acids is 1. The Labute approximate surface area is 158 Å². The van der Waals surface area contributed by atoms with Gasteiger partial charge in [-0.3, -0.25) is 9.88 Å². The van der Waals surface area contributed by atoms with Gasteiger partial charge in [0.05, 0.1) is 5.00 Å². The van der Waals surface area contributed by atoms with E-state index in [4.69, 9.17) is 0 Å². The predicted octanol–water partition coefficient (Wildman–Crippen LogP) is 4.11. The van der Waals surface area contributed by atoms with Crippen LogP contribution in [-0.4, -0.2) is 25.6 Å². The van der Waals surface area contributed by atoms with Crippen molar-refractivity contribution in [2.75, 3.05) is 16.0 Å². The Bertz CT molecular complexity index is 1010. The van der Waals surface area contributed by atoms with Crippen LogP contribution in [0.1, 0.15) is 0 Å². The molecular formula is C18H15N7OS. The Balaban J connectivity index is 1.39. The average molecular weight is 377 g/mol. The summed E-state index contributed by atoms with van der Waals surface area (Å²) in [4.78, 5) is 24.4. The largest absolute Gasteiger partial charge is 0.340 e. The van der Waals surface area contributed by atoms with Crippen LogP contribution >= 0.6 is 11.3 Å². The number of hydrogen-bond donors (Lipinski definition) is 3. The highest BCUT2D eigenvalue weighted by Crippen LogP contribution is 2.19. The van der Waals surface area contributed by atoms with Gasteiger partial charge in [-0.1, -0.05) is 0 Å². The Morgan fingerprint density at radius 3 is 2.63 bits per heavy atom. The van der Waals surface area contributed by atoms with Gasteiger partial charge in [0.15, 0.2) is 0 Å². The van der Waals surface area contributed by atoms with Crippen molar-refractivity contribution in [2.45, 2.75) is 0 Å². The quantitative estimate of drug-likeness (QED) is 0.486. The second kappa shape index (κ2) is 7.67. The van der Waals surface area contributed by atoms with Crippen molar-refractivity contribution in [3.8, 4) is 5.82 Å². The fourth-order valence-electron chi connectivity index (χ4n) is 2.36. The topological polar surface area (TPSA) is 96.8 Å². The highest BCUT2D eigenvalue weighted by atomic mass is 32.1. The number of urea groups is 1. The van der Waals surface area contributed by atoms with E-state index in [1.54, 1.807) is 17.1 Å². The molecule has 0 aliphatic carbocycles. The van der Waals surface area contributed by atoms with Crippen LogP contribution in [0.15, 0.2) is 72.9 Å². The number of rotatable bonds is 5. The molecule has 0 bridgehead atoms. The van der Waals surface area contributed by atoms with Crippen molar-refractivity contribution >= 4 is 39.6 Å².